The molecular formula is C25H40N2O6S. The Balaban J connectivity index is 4.70. The van der Waals surface area contributed by atoms with Crippen molar-refractivity contribution in [2.45, 2.75) is 75.7 Å². The minimum atomic E-state index is -1.16. The number of hydrogen-bond donors (Lipinski definition) is 5. The van der Waals surface area contributed by atoms with E-state index in [1.807, 2.05) is 24.3 Å². The summed E-state index contributed by atoms with van der Waals surface area (Å²) >= 11 is 1.26. The van der Waals surface area contributed by atoms with Gasteiger partial charge in [0.15, 0.2) is 0 Å². The molecule has 0 bridgehead atoms. The number of thioether (sulfide) groups is 1. The van der Waals surface area contributed by atoms with Crippen LogP contribution in [0.4, 0.5) is 0 Å². The number of carbonyl (C=O) groups excluding carboxylic acids is 1. The number of nitrogens with one attached hydrogen (secondary N) is 1. The van der Waals surface area contributed by atoms with Crippen LogP contribution in [-0.2, 0) is 14.4 Å². The zero-order valence-electron chi connectivity index (χ0n) is 20.0. The van der Waals surface area contributed by atoms with Crippen molar-refractivity contribution in [1.82, 2.24) is 5.32 Å². The molecule has 9 heteroatoms. The Morgan fingerprint density at radius 2 is 1.71 bits per heavy atom. The molecule has 0 aliphatic heterocycles. The van der Waals surface area contributed by atoms with Gasteiger partial charge in [0.1, 0.15) is 6.54 Å². The molecule has 0 aromatic rings. The van der Waals surface area contributed by atoms with Gasteiger partial charge in [0.25, 0.3) is 0 Å². The second kappa shape index (κ2) is 21.2. The van der Waals surface area contributed by atoms with Crippen molar-refractivity contribution in [1.29, 1.82) is 0 Å². The summed E-state index contributed by atoms with van der Waals surface area (Å²) in [6.45, 7) is 1.68. The van der Waals surface area contributed by atoms with Crippen molar-refractivity contribution >= 4 is 29.6 Å². The molecule has 0 saturated heterocycles. The minimum absolute atomic E-state index is 0.0347. The minimum Gasteiger partial charge on any atom is -0.481 e. The molecular weight excluding hydrogens is 456 g/mol. The third-order valence-electron chi connectivity index (χ3n) is 4.67. The zero-order valence-corrected chi connectivity index (χ0v) is 20.8. The molecule has 192 valence electrons. The second-order valence-electron chi connectivity index (χ2n) is 7.77. The number of carbonyl (C=O) groups is 3. The third kappa shape index (κ3) is 19.1. The maximum Gasteiger partial charge on any atom is 0.322 e. The quantitative estimate of drug-likeness (QED) is 0.0977. The number of rotatable bonds is 20. The number of aliphatic carboxylic acids is 2. The van der Waals surface area contributed by atoms with Crippen LogP contribution >= 0.6 is 11.8 Å². The van der Waals surface area contributed by atoms with Crippen molar-refractivity contribution in [3.8, 4) is 0 Å². The molecule has 0 saturated carbocycles. The van der Waals surface area contributed by atoms with Gasteiger partial charge in [0, 0.05) is 17.4 Å². The van der Waals surface area contributed by atoms with Gasteiger partial charge in [0.2, 0.25) is 5.91 Å². The molecule has 0 aliphatic carbocycles. The fourth-order valence-electron chi connectivity index (χ4n) is 2.77. The molecule has 8 nitrogen and oxygen atoms in total. The molecule has 6 N–H and O–H groups in total. The summed E-state index contributed by atoms with van der Waals surface area (Å²) in [7, 11) is 0. The van der Waals surface area contributed by atoms with E-state index in [0.29, 0.717) is 12.8 Å². The maximum atomic E-state index is 11.9. The predicted octanol–water partition coefficient (Wildman–Crippen LogP) is 3.43. The number of amides is 1. The van der Waals surface area contributed by atoms with Crippen molar-refractivity contribution in [2.75, 3.05) is 12.3 Å². The summed E-state index contributed by atoms with van der Waals surface area (Å²) in [5.74, 6) is -2.49. The maximum absolute atomic E-state index is 11.9. The average molecular weight is 497 g/mol. The van der Waals surface area contributed by atoms with Crippen molar-refractivity contribution in [2.24, 2.45) is 5.73 Å². The van der Waals surface area contributed by atoms with E-state index in [-0.39, 0.29) is 12.2 Å². The molecule has 0 aromatic heterocycles. The van der Waals surface area contributed by atoms with Crippen molar-refractivity contribution < 1.29 is 29.7 Å². The summed E-state index contributed by atoms with van der Waals surface area (Å²) in [5.41, 5.74) is 5.82. The molecule has 34 heavy (non-hydrogen) atoms. The number of allylic oxidation sites excluding steroid dienone is 7. The number of carboxylic acids is 2. The first-order valence-electron chi connectivity index (χ1n) is 11.7. The van der Waals surface area contributed by atoms with Gasteiger partial charge in [-0.3, -0.25) is 14.4 Å². The Labute approximate surface area is 207 Å². The summed E-state index contributed by atoms with van der Waals surface area (Å²) < 4.78 is 0. The van der Waals surface area contributed by atoms with Crippen LogP contribution < -0.4 is 11.1 Å². The van der Waals surface area contributed by atoms with Gasteiger partial charge in [-0.25, -0.2) is 0 Å². The Morgan fingerprint density at radius 3 is 2.38 bits per heavy atom. The fourth-order valence-corrected chi connectivity index (χ4v) is 3.91. The number of aliphatic hydroxyl groups excluding tert-OH is 1. The van der Waals surface area contributed by atoms with Crippen molar-refractivity contribution in [3.63, 3.8) is 0 Å². The average Bonchev–Trinajstić information content (AvgIpc) is 2.79. The van der Waals surface area contributed by atoms with E-state index in [0.717, 1.165) is 12.8 Å². The van der Waals surface area contributed by atoms with Crippen LogP contribution in [0, 0.1) is 0 Å². The molecule has 0 fully saturated rings. The zero-order chi connectivity index (χ0) is 25.6. The number of carboxylic acid groups (broad SMARTS) is 2. The first kappa shape index (κ1) is 31.6. The molecule has 0 radical (unpaired) electrons. The van der Waals surface area contributed by atoms with Crippen LogP contribution in [-0.4, -0.2) is 62.9 Å². The van der Waals surface area contributed by atoms with Crippen LogP contribution in [0.5, 0.6) is 0 Å². The van der Waals surface area contributed by atoms with Gasteiger partial charge in [-0.1, -0.05) is 68.4 Å². The summed E-state index contributed by atoms with van der Waals surface area (Å²) in [6, 6.07) is -0.931. The lowest BCUT2D eigenvalue weighted by atomic mass is 10.1. The molecule has 0 rings (SSSR count). The van der Waals surface area contributed by atoms with Gasteiger partial charge in [-0.2, -0.15) is 0 Å². The number of unbranched alkanes of at least 4 members (excludes halogenated alkanes) is 3. The summed E-state index contributed by atoms with van der Waals surface area (Å²) in [6.07, 6.45) is 21.1. The van der Waals surface area contributed by atoms with Crippen LogP contribution in [0.1, 0.15) is 58.3 Å². The highest BCUT2D eigenvalue weighted by Crippen LogP contribution is 2.21. The fraction of sp³-hybridized carbons (Fsp3) is 0.560. The van der Waals surface area contributed by atoms with Gasteiger partial charge in [-0.15, -0.1) is 11.8 Å². The first-order valence-corrected chi connectivity index (χ1v) is 12.7. The van der Waals surface area contributed by atoms with Crippen molar-refractivity contribution in [3.05, 3.63) is 48.6 Å². The normalized spacial score (nSPS) is 14.8. The lowest BCUT2D eigenvalue weighted by Gasteiger charge is -2.21. The Hall–Kier alpha value is -2.36. The number of nitrogens with two attached hydrogens (primary N) is 1. The molecule has 3 atom stereocenters. The van der Waals surface area contributed by atoms with E-state index in [4.69, 9.17) is 15.9 Å². The van der Waals surface area contributed by atoms with Gasteiger partial charge < -0.3 is 26.4 Å². The van der Waals surface area contributed by atoms with E-state index in [1.54, 1.807) is 12.2 Å². The molecule has 0 aliphatic rings. The lowest BCUT2D eigenvalue weighted by molar-refractivity contribution is -0.138. The SMILES string of the molecule is CCCCC/C=C/C/C=C/C=C/C=C\[C@@H](SC[C@H](N)C(=O)NCC(=O)O)[C@@H](O)CCCC(=O)O. The number of aliphatic hydroxyl groups is 1. The predicted molar refractivity (Wildman–Crippen MR) is 138 cm³/mol. The lowest BCUT2D eigenvalue weighted by Crippen LogP contribution is -2.44. The molecule has 0 unspecified atom stereocenters. The van der Waals surface area contributed by atoms with E-state index < -0.39 is 41.8 Å². The molecule has 0 aromatic carbocycles. The highest BCUT2D eigenvalue weighted by molar-refractivity contribution is 8.00. The highest BCUT2D eigenvalue weighted by Gasteiger charge is 2.21. The Bertz CT molecular complexity index is 706. The van der Waals surface area contributed by atoms with Crippen LogP contribution in [0.25, 0.3) is 0 Å². The molecule has 1 amide bonds. The third-order valence-corrected chi connectivity index (χ3v) is 6.08. The molecule has 0 heterocycles. The summed E-state index contributed by atoms with van der Waals surface area (Å²) in [4.78, 5) is 33.2. The van der Waals surface area contributed by atoms with E-state index in [2.05, 4.69) is 24.4 Å². The number of hydrogen-bond acceptors (Lipinski definition) is 6. The van der Waals surface area contributed by atoms with E-state index in [9.17, 15) is 19.5 Å². The monoisotopic (exact) mass is 496 g/mol. The standard InChI is InChI=1S/C25H40N2O6S/c1-2-3-4-5-6-7-8-9-10-11-12-13-16-22(21(28)15-14-17-23(29)30)34-19-20(26)25(33)27-18-24(31)32/h6-7,9-13,16,20-22,28H,2-5,8,14-15,17-19,26H2,1H3,(H,27,33)(H,29,30)(H,31,32)/b7-6+,10-9+,12-11+,16-13-/t20-,21-,22+/m0/s1. The first-order chi connectivity index (χ1) is 16.3. The molecule has 0 spiro atoms. The largest absolute Gasteiger partial charge is 0.481 e. The van der Waals surface area contributed by atoms with Crippen LogP contribution in [0.15, 0.2) is 48.6 Å². The summed E-state index contributed by atoms with van der Waals surface area (Å²) in [5, 5.41) is 29.8. The van der Waals surface area contributed by atoms with Crippen LogP contribution in [0.3, 0.4) is 0 Å². The van der Waals surface area contributed by atoms with Gasteiger partial charge in [0.05, 0.1) is 12.1 Å². The second-order valence-corrected chi connectivity index (χ2v) is 8.98. The van der Waals surface area contributed by atoms with Gasteiger partial charge in [-0.05, 0) is 32.1 Å². The van der Waals surface area contributed by atoms with Gasteiger partial charge >= 0.3 is 11.9 Å². The van der Waals surface area contributed by atoms with E-state index >= 15 is 0 Å². The van der Waals surface area contributed by atoms with E-state index in [1.165, 1.54) is 31.0 Å². The Kier molecular flexibility index (Phi) is 19.7. The van der Waals surface area contributed by atoms with Crippen LogP contribution in [0.2, 0.25) is 0 Å². The highest BCUT2D eigenvalue weighted by atomic mass is 32.2. The smallest absolute Gasteiger partial charge is 0.322 e. The topological polar surface area (TPSA) is 150 Å². The Morgan fingerprint density at radius 1 is 0.971 bits per heavy atom.